The Morgan fingerprint density at radius 3 is 2.67 bits per heavy atom. The summed E-state index contributed by atoms with van der Waals surface area (Å²) in [6, 6.07) is 0. The van der Waals surface area contributed by atoms with E-state index in [9.17, 15) is 0 Å². The van der Waals surface area contributed by atoms with Crippen LogP contribution in [-0.2, 0) is 4.74 Å². The smallest absolute Gasteiger partial charge is 0.0687 e. The van der Waals surface area contributed by atoms with Gasteiger partial charge in [0.1, 0.15) is 0 Å². The van der Waals surface area contributed by atoms with Gasteiger partial charge in [0, 0.05) is 18.8 Å². The van der Waals surface area contributed by atoms with Crippen molar-refractivity contribution in [3.63, 3.8) is 0 Å². The van der Waals surface area contributed by atoms with Crippen LogP contribution in [0.5, 0.6) is 0 Å². The van der Waals surface area contributed by atoms with Crippen LogP contribution >= 0.6 is 11.6 Å². The summed E-state index contributed by atoms with van der Waals surface area (Å²) in [5, 5.41) is 0. The topological polar surface area (TPSA) is 9.23 Å². The Morgan fingerprint density at radius 1 is 1.83 bits per heavy atom. The van der Waals surface area contributed by atoms with Crippen LogP contribution in [0.4, 0.5) is 0 Å². The number of hydrogen-bond acceptors (Lipinski definition) is 1. The molecular weight excluding hydrogens is 116 g/mol. The Balaban J connectivity index is 2.34. The predicted molar refractivity (Wildman–Crippen MR) is 31.1 cm³/mol. The van der Waals surface area contributed by atoms with Gasteiger partial charge in [-0.3, -0.25) is 0 Å². The number of methoxy groups -OCH3 is 1. The van der Waals surface area contributed by atoms with Crippen molar-refractivity contribution >= 4 is 21.1 Å². The van der Waals surface area contributed by atoms with Gasteiger partial charge in [0.05, 0.1) is 9.52 Å². The average molecular weight is 125 g/mol. The van der Waals surface area contributed by atoms with E-state index in [4.69, 9.17) is 16.3 Å². The molecule has 0 aromatic heterocycles. The Kier molecular flexibility index (Phi) is 5.89. The molecular formula is C3H9ClOSi. The van der Waals surface area contributed by atoms with Crippen molar-refractivity contribution in [3.8, 4) is 0 Å². The summed E-state index contributed by atoms with van der Waals surface area (Å²) < 4.78 is 4.76. The Labute approximate surface area is 45.5 Å². The molecule has 0 N–H and O–H groups in total. The van der Waals surface area contributed by atoms with Crippen LogP contribution in [0.15, 0.2) is 0 Å². The van der Waals surface area contributed by atoms with Crippen LogP contribution in [-0.4, -0.2) is 28.4 Å². The molecule has 0 saturated carbocycles. The lowest BCUT2D eigenvalue weighted by atomic mass is 11.5. The Morgan fingerprint density at radius 2 is 2.50 bits per heavy atom. The predicted octanol–water partition coefficient (Wildman–Crippen LogP) is -0.0446. The van der Waals surface area contributed by atoms with E-state index in [0.717, 1.165) is 11.7 Å². The second-order valence-electron chi connectivity index (χ2n) is 1.04. The minimum absolute atomic E-state index is 0.0351. The van der Waals surface area contributed by atoms with Crippen LogP contribution in [0, 0.1) is 0 Å². The number of rotatable bonds is 3. The Bertz CT molecular complexity index is 22.8. The second-order valence-corrected chi connectivity index (χ2v) is 3.66. The first kappa shape index (κ1) is 6.47. The molecule has 0 radical (unpaired) electrons. The summed E-state index contributed by atoms with van der Waals surface area (Å²) in [5.41, 5.74) is 0.841. The monoisotopic (exact) mass is 124 g/mol. The summed E-state index contributed by atoms with van der Waals surface area (Å²) in [4.78, 5) is 0. The molecule has 0 amide bonds. The first-order valence-electron chi connectivity index (χ1n) is 1.96. The number of halogens is 1. The van der Waals surface area contributed by atoms with Crippen LogP contribution in [0.3, 0.4) is 0 Å². The highest BCUT2D eigenvalue weighted by Gasteiger charge is 1.78. The summed E-state index contributed by atoms with van der Waals surface area (Å²) in [5.74, 6) is 0. The Hall–Kier alpha value is 0.467. The molecule has 0 atom stereocenters. The highest BCUT2D eigenvalue weighted by Crippen LogP contribution is 1.69. The first-order valence-corrected chi connectivity index (χ1v) is 4.50. The quantitative estimate of drug-likeness (QED) is 0.292. The van der Waals surface area contributed by atoms with E-state index in [1.54, 1.807) is 7.11 Å². The first-order chi connectivity index (χ1) is 2.91. The van der Waals surface area contributed by atoms with Gasteiger partial charge in [-0.2, -0.15) is 0 Å². The average Bonchev–Trinajstić information content (AvgIpc) is 1.61. The zero-order valence-electron chi connectivity index (χ0n) is 3.91. The molecule has 38 valence electrons. The summed E-state index contributed by atoms with van der Waals surface area (Å²) >= 11 is 5.36. The normalized spacial score (nSPS) is 11.0. The standard InChI is InChI=1S/C3H9ClOSi/c1-5-3-6-2-4/h2-3,6H2,1H3. The third-order valence-corrected chi connectivity index (χ3v) is 2.25. The number of alkyl halides is 1. The molecule has 0 aromatic rings. The van der Waals surface area contributed by atoms with E-state index in [-0.39, 0.29) is 9.52 Å². The number of ether oxygens (including phenoxy) is 1. The van der Waals surface area contributed by atoms with E-state index in [2.05, 4.69) is 0 Å². The zero-order valence-corrected chi connectivity index (χ0v) is 6.08. The molecule has 0 heterocycles. The molecule has 6 heavy (non-hydrogen) atoms. The van der Waals surface area contributed by atoms with Gasteiger partial charge in [0.2, 0.25) is 0 Å². The lowest BCUT2D eigenvalue weighted by molar-refractivity contribution is 0.252. The van der Waals surface area contributed by atoms with Crippen molar-refractivity contribution < 1.29 is 4.74 Å². The van der Waals surface area contributed by atoms with E-state index in [1.807, 2.05) is 0 Å². The van der Waals surface area contributed by atoms with Crippen molar-refractivity contribution in [3.05, 3.63) is 0 Å². The van der Waals surface area contributed by atoms with E-state index in [0.29, 0.717) is 0 Å². The van der Waals surface area contributed by atoms with Gasteiger partial charge in [-0.1, -0.05) is 0 Å². The van der Waals surface area contributed by atoms with Crippen molar-refractivity contribution in [2.24, 2.45) is 0 Å². The second kappa shape index (κ2) is 5.47. The zero-order chi connectivity index (χ0) is 4.83. The minimum Gasteiger partial charge on any atom is -0.389 e. The maximum atomic E-state index is 5.36. The van der Waals surface area contributed by atoms with E-state index in [1.165, 1.54) is 0 Å². The van der Waals surface area contributed by atoms with Gasteiger partial charge in [0.15, 0.2) is 0 Å². The largest absolute Gasteiger partial charge is 0.389 e. The maximum Gasteiger partial charge on any atom is 0.0687 e. The van der Waals surface area contributed by atoms with Gasteiger partial charge in [-0.25, -0.2) is 0 Å². The van der Waals surface area contributed by atoms with Crippen molar-refractivity contribution in [1.29, 1.82) is 0 Å². The minimum atomic E-state index is -0.0351. The number of hydrogen-bond donors (Lipinski definition) is 0. The molecule has 0 unspecified atom stereocenters. The molecule has 0 spiro atoms. The fourth-order valence-electron chi connectivity index (χ4n) is 0.199. The van der Waals surface area contributed by atoms with Crippen LogP contribution in [0.1, 0.15) is 0 Å². The molecule has 0 aromatic carbocycles. The third kappa shape index (κ3) is 4.47. The summed E-state index contributed by atoms with van der Waals surface area (Å²) in [6.45, 7) is 0. The SMILES string of the molecule is COC[SiH2]CCl. The molecule has 1 nitrogen and oxygen atoms in total. The van der Waals surface area contributed by atoms with Crippen LogP contribution < -0.4 is 0 Å². The fourth-order valence-corrected chi connectivity index (χ4v) is 0.924. The molecule has 0 aliphatic carbocycles. The highest BCUT2D eigenvalue weighted by atomic mass is 35.5. The van der Waals surface area contributed by atoms with Crippen molar-refractivity contribution in [2.75, 3.05) is 18.8 Å². The molecule has 0 rings (SSSR count). The van der Waals surface area contributed by atoms with Gasteiger partial charge in [0.25, 0.3) is 0 Å². The van der Waals surface area contributed by atoms with Crippen LogP contribution in [0.2, 0.25) is 0 Å². The lowest BCUT2D eigenvalue weighted by Crippen LogP contribution is -2.01. The highest BCUT2D eigenvalue weighted by molar-refractivity contribution is 6.50. The van der Waals surface area contributed by atoms with Gasteiger partial charge >= 0.3 is 0 Å². The lowest BCUT2D eigenvalue weighted by Gasteiger charge is -1.87. The van der Waals surface area contributed by atoms with Crippen LogP contribution in [0.25, 0.3) is 0 Å². The van der Waals surface area contributed by atoms with Gasteiger partial charge < -0.3 is 4.74 Å². The molecule has 0 aliphatic heterocycles. The van der Waals surface area contributed by atoms with Crippen molar-refractivity contribution in [2.45, 2.75) is 0 Å². The molecule has 0 bridgehead atoms. The van der Waals surface area contributed by atoms with Gasteiger partial charge in [-0.05, 0) is 0 Å². The molecule has 3 heteroatoms. The summed E-state index contributed by atoms with van der Waals surface area (Å²) in [6.07, 6.45) is 0.920. The third-order valence-electron chi connectivity index (χ3n) is 0.482. The van der Waals surface area contributed by atoms with E-state index >= 15 is 0 Å². The summed E-state index contributed by atoms with van der Waals surface area (Å²) in [7, 11) is 1.67. The maximum absolute atomic E-state index is 5.36. The molecule has 0 fully saturated rings. The molecule has 0 saturated heterocycles. The fraction of sp³-hybridized carbons (Fsp3) is 1.00. The van der Waals surface area contributed by atoms with E-state index < -0.39 is 0 Å². The van der Waals surface area contributed by atoms with Crippen molar-refractivity contribution in [1.82, 2.24) is 0 Å². The van der Waals surface area contributed by atoms with Gasteiger partial charge in [-0.15, -0.1) is 11.6 Å². The molecule has 0 aliphatic rings.